The average Bonchev–Trinajstić information content (AvgIpc) is 2.70. The Kier molecular flexibility index (Phi) is 3.25. The molecule has 0 bridgehead atoms. The minimum absolute atomic E-state index is 0.106. The van der Waals surface area contributed by atoms with E-state index >= 15 is 0 Å². The number of likely N-dealkylation sites (tertiary alicyclic amines) is 1. The van der Waals surface area contributed by atoms with Gasteiger partial charge >= 0.3 is 12.1 Å². The molecule has 2 aliphatic rings. The van der Waals surface area contributed by atoms with Gasteiger partial charge in [0.1, 0.15) is 5.60 Å². The molecule has 3 atom stereocenters. The Morgan fingerprint density at radius 3 is 2.44 bits per heavy atom. The lowest BCUT2D eigenvalue weighted by molar-refractivity contribution is -0.143. The molecule has 0 aromatic heterocycles. The number of aliphatic carboxylic acids is 1. The fourth-order valence-electron chi connectivity index (χ4n) is 3.05. The van der Waals surface area contributed by atoms with E-state index in [0.29, 0.717) is 19.0 Å². The summed E-state index contributed by atoms with van der Waals surface area (Å²) < 4.78 is 5.32. The van der Waals surface area contributed by atoms with E-state index in [1.54, 1.807) is 4.90 Å². The first-order valence-electron chi connectivity index (χ1n) is 6.48. The van der Waals surface area contributed by atoms with Gasteiger partial charge in [0.2, 0.25) is 0 Å². The first-order chi connectivity index (χ1) is 8.28. The van der Waals surface area contributed by atoms with Gasteiger partial charge in [0, 0.05) is 13.1 Å². The Balaban J connectivity index is 1.97. The van der Waals surface area contributed by atoms with Crippen molar-refractivity contribution in [2.24, 2.45) is 17.8 Å². The maximum absolute atomic E-state index is 11.9. The molecule has 18 heavy (non-hydrogen) atoms. The lowest BCUT2D eigenvalue weighted by atomic mass is 9.93. The third kappa shape index (κ3) is 2.60. The van der Waals surface area contributed by atoms with Gasteiger partial charge in [0.15, 0.2) is 0 Å². The summed E-state index contributed by atoms with van der Waals surface area (Å²) in [6, 6.07) is 0. The Morgan fingerprint density at radius 1 is 1.22 bits per heavy atom. The second kappa shape index (κ2) is 4.44. The van der Waals surface area contributed by atoms with Gasteiger partial charge in [-0.2, -0.15) is 0 Å². The Labute approximate surface area is 107 Å². The zero-order valence-electron chi connectivity index (χ0n) is 11.2. The number of hydrogen-bond donors (Lipinski definition) is 1. The highest BCUT2D eigenvalue weighted by Gasteiger charge is 2.47. The van der Waals surface area contributed by atoms with Crippen molar-refractivity contribution in [2.75, 3.05) is 13.1 Å². The zero-order valence-corrected chi connectivity index (χ0v) is 11.2. The van der Waals surface area contributed by atoms with Gasteiger partial charge in [-0.15, -0.1) is 0 Å². The van der Waals surface area contributed by atoms with Crippen LogP contribution in [0.4, 0.5) is 4.79 Å². The van der Waals surface area contributed by atoms with Crippen molar-refractivity contribution in [3.8, 4) is 0 Å². The van der Waals surface area contributed by atoms with Crippen molar-refractivity contribution in [1.29, 1.82) is 0 Å². The number of fused-ring (bicyclic) bond motifs is 1. The molecule has 1 N–H and O–H groups in total. The largest absolute Gasteiger partial charge is 0.481 e. The second-order valence-corrected chi connectivity index (χ2v) is 6.33. The lowest BCUT2D eigenvalue weighted by Gasteiger charge is -2.25. The van der Waals surface area contributed by atoms with Gasteiger partial charge in [0.05, 0.1) is 5.92 Å². The monoisotopic (exact) mass is 255 g/mol. The molecule has 2 fully saturated rings. The van der Waals surface area contributed by atoms with E-state index in [-0.39, 0.29) is 17.9 Å². The number of nitrogens with zero attached hydrogens (tertiary/aromatic N) is 1. The molecule has 0 aromatic carbocycles. The summed E-state index contributed by atoms with van der Waals surface area (Å²) in [5.41, 5.74) is -0.499. The fraction of sp³-hybridized carbons (Fsp3) is 0.846. The normalized spacial score (nSPS) is 31.3. The van der Waals surface area contributed by atoms with Crippen LogP contribution in [-0.2, 0) is 9.53 Å². The number of hydrogen-bond acceptors (Lipinski definition) is 3. The summed E-state index contributed by atoms with van der Waals surface area (Å²) in [6.07, 6.45) is 1.33. The van der Waals surface area contributed by atoms with Crippen LogP contribution in [0.5, 0.6) is 0 Å². The van der Waals surface area contributed by atoms with Crippen LogP contribution in [0, 0.1) is 17.8 Å². The SMILES string of the molecule is CC(C)(C)OC(=O)N1C[C@@H]2CC[C@H](C(=O)O)[C@@H]2C1. The van der Waals surface area contributed by atoms with Crippen LogP contribution in [0.25, 0.3) is 0 Å². The van der Waals surface area contributed by atoms with E-state index in [1.807, 2.05) is 20.8 Å². The number of ether oxygens (including phenoxy) is 1. The predicted octanol–water partition coefficient (Wildman–Crippen LogP) is 1.96. The van der Waals surface area contributed by atoms with Crippen LogP contribution < -0.4 is 0 Å². The topological polar surface area (TPSA) is 66.8 Å². The molecule has 5 heteroatoms. The molecule has 0 spiro atoms. The third-order valence-corrected chi connectivity index (χ3v) is 3.83. The number of rotatable bonds is 1. The molecule has 102 valence electrons. The van der Waals surface area contributed by atoms with Crippen LogP contribution >= 0.6 is 0 Å². The second-order valence-electron chi connectivity index (χ2n) is 6.33. The Hall–Kier alpha value is -1.26. The minimum atomic E-state index is -0.728. The van der Waals surface area contributed by atoms with Gasteiger partial charge in [-0.3, -0.25) is 4.79 Å². The molecule has 0 radical (unpaired) electrons. The highest BCUT2D eigenvalue weighted by molar-refractivity contribution is 5.72. The van der Waals surface area contributed by atoms with Crippen molar-refractivity contribution in [1.82, 2.24) is 4.90 Å². The van der Waals surface area contributed by atoms with E-state index in [0.717, 1.165) is 12.8 Å². The molecule has 0 aromatic rings. The Morgan fingerprint density at radius 2 is 1.89 bits per heavy atom. The van der Waals surface area contributed by atoms with Crippen molar-refractivity contribution < 1.29 is 19.4 Å². The molecule has 1 aliphatic heterocycles. The lowest BCUT2D eigenvalue weighted by Crippen LogP contribution is -2.36. The van der Waals surface area contributed by atoms with Crippen LogP contribution in [0.1, 0.15) is 33.6 Å². The van der Waals surface area contributed by atoms with Gasteiger partial charge in [-0.05, 0) is 45.4 Å². The number of amides is 1. The fourth-order valence-corrected chi connectivity index (χ4v) is 3.05. The summed E-state index contributed by atoms with van der Waals surface area (Å²) in [6.45, 7) is 6.67. The first-order valence-corrected chi connectivity index (χ1v) is 6.48. The number of carbonyl (C=O) groups is 2. The van der Waals surface area contributed by atoms with Crippen molar-refractivity contribution in [3.05, 3.63) is 0 Å². The first kappa shape index (κ1) is 13.2. The number of carboxylic acid groups (broad SMARTS) is 1. The summed E-state index contributed by atoms with van der Waals surface area (Å²) >= 11 is 0. The van der Waals surface area contributed by atoms with E-state index in [4.69, 9.17) is 9.84 Å². The smallest absolute Gasteiger partial charge is 0.410 e. The van der Waals surface area contributed by atoms with E-state index in [9.17, 15) is 9.59 Å². The van der Waals surface area contributed by atoms with Gasteiger partial charge < -0.3 is 14.7 Å². The maximum atomic E-state index is 11.9. The van der Waals surface area contributed by atoms with Crippen molar-refractivity contribution in [2.45, 2.75) is 39.2 Å². The predicted molar refractivity (Wildman–Crippen MR) is 65.1 cm³/mol. The standard InChI is InChI=1S/C13H21NO4/c1-13(2,3)18-12(17)14-6-8-4-5-9(11(15)16)10(8)7-14/h8-10H,4-7H2,1-3H3,(H,15,16)/t8-,9-,10+/m0/s1. The summed E-state index contributed by atoms with van der Waals surface area (Å²) in [5.74, 6) is -0.579. The maximum Gasteiger partial charge on any atom is 0.410 e. The van der Waals surface area contributed by atoms with Crippen LogP contribution in [0.2, 0.25) is 0 Å². The molecule has 1 heterocycles. The quantitative estimate of drug-likeness (QED) is 0.777. The minimum Gasteiger partial charge on any atom is -0.481 e. The number of carbonyl (C=O) groups excluding carboxylic acids is 1. The van der Waals surface area contributed by atoms with E-state index < -0.39 is 11.6 Å². The molecule has 5 nitrogen and oxygen atoms in total. The summed E-state index contributed by atoms with van der Waals surface area (Å²) in [4.78, 5) is 24.7. The van der Waals surface area contributed by atoms with Gasteiger partial charge in [0.25, 0.3) is 0 Å². The van der Waals surface area contributed by atoms with E-state index in [1.165, 1.54) is 0 Å². The highest BCUT2D eigenvalue weighted by atomic mass is 16.6. The van der Waals surface area contributed by atoms with E-state index in [2.05, 4.69) is 0 Å². The molecule has 1 aliphatic carbocycles. The molecule has 1 saturated heterocycles. The van der Waals surface area contributed by atoms with Crippen LogP contribution in [-0.4, -0.2) is 40.8 Å². The molecular formula is C13H21NO4. The van der Waals surface area contributed by atoms with Gasteiger partial charge in [-0.25, -0.2) is 4.79 Å². The summed E-state index contributed by atoms with van der Waals surface area (Å²) in [7, 11) is 0. The van der Waals surface area contributed by atoms with Crippen LogP contribution in [0.3, 0.4) is 0 Å². The van der Waals surface area contributed by atoms with Gasteiger partial charge in [-0.1, -0.05) is 0 Å². The zero-order chi connectivity index (χ0) is 13.5. The average molecular weight is 255 g/mol. The third-order valence-electron chi connectivity index (χ3n) is 3.83. The summed E-state index contributed by atoms with van der Waals surface area (Å²) in [5, 5.41) is 9.14. The highest BCUT2D eigenvalue weighted by Crippen LogP contribution is 2.42. The molecule has 0 unspecified atom stereocenters. The van der Waals surface area contributed by atoms with Crippen molar-refractivity contribution >= 4 is 12.1 Å². The molecule has 1 amide bonds. The van der Waals surface area contributed by atoms with Crippen molar-refractivity contribution in [3.63, 3.8) is 0 Å². The molecule has 2 rings (SSSR count). The molecule has 1 saturated carbocycles. The van der Waals surface area contributed by atoms with Crippen LogP contribution in [0.15, 0.2) is 0 Å². The Bertz CT molecular complexity index is 360. The molecular weight excluding hydrogens is 234 g/mol. The number of carboxylic acids is 1.